The van der Waals surface area contributed by atoms with Gasteiger partial charge in [0.2, 0.25) is 10.0 Å². The van der Waals surface area contributed by atoms with Crippen LogP contribution in [0.15, 0.2) is 12.1 Å². The van der Waals surface area contributed by atoms with Gasteiger partial charge in [0, 0.05) is 6.54 Å². The van der Waals surface area contributed by atoms with Crippen LogP contribution in [0.1, 0.15) is 23.6 Å². The van der Waals surface area contributed by atoms with Crippen molar-refractivity contribution in [2.75, 3.05) is 5.75 Å². The molecule has 0 aromatic heterocycles. The van der Waals surface area contributed by atoms with Crippen molar-refractivity contribution in [2.45, 2.75) is 27.3 Å². The molecule has 0 aliphatic carbocycles. The van der Waals surface area contributed by atoms with E-state index < -0.39 is 10.0 Å². The van der Waals surface area contributed by atoms with Crippen LogP contribution < -0.4 is 4.72 Å². The SMILES string of the molecule is CCS(=O)(=O)NCc1cc(C)c(F)c(C)c1. The van der Waals surface area contributed by atoms with Crippen molar-refractivity contribution in [1.82, 2.24) is 4.72 Å². The average Bonchev–Trinajstić information content (AvgIpc) is 2.23. The molecule has 0 amide bonds. The fourth-order valence-corrected chi connectivity index (χ4v) is 2.02. The van der Waals surface area contributed by atoms with Crippen LogP contribution in [0.25, 0.3) is 0 Å². The fraction of sp³-hybridized carbons (Fsp3) is 0.455. The van der Waals surface area contributed by atoms with Crippen molar-refractivity contribution >= 4 is 10.0 Å². The first-order chi connectivity index (χ1) is 7.35. The van der Waals surface area contributed by atoms with E-state index in [1.807, 2.05) is 0 Å². The highest BCUT2D eigenvalue weighted by Gasteiger charge is 2.08. The Labute approximate surface area is 95.7 Å². The molecule has 1 aromatic rings. The molecular weight excluding hydrogens is 229 g/mol. The Morgan fingerprint density at radius 2 is 1.75 bits per heavy atom. The summed E-state index contributed by atoms with van der Waals surface area (Å²) in [4.78, 5) is 0. The maximum absolute atomic E-state index is 13.3. The summed E-state index contributed by atoms with van der Waals surface area (Å²) in [5, 5.41) is 0. The Morgan fingerprint density at radius 1 is 1.25 bits per heavy atom. The lowest BCUT2D eigenvalue weighted by Crippen LogP contribution is -2.24. The first kappa shape index (κ1) is 13.1. The third-order valence-electron chi connectivity index (χ3n) is 2.37. The highest BCUT2D eigenvalue weighted by molar-refractivity contribution is 7.89. The van der Waals surface area contributed by atoms with Crippen molar-refractivity contribution in [2.24, 2.45) is 0 Å². The lowest BCUT2D eigenvalue weighted by molar-refractivity contribution is 0.582. The van der Waals surface area contributed by atoms with E-state index in [9.17, 15) is 12.8 Å². The lowest BCUT2D eigenvalue weighted by Gasteiger charge is -2.08. The predicted molar refractivity (Wildman–Crippen MR) is 62.2 cm³/mol. The van der Waals surface area contributed by atoms with E-state index in [0.717, 1.165) is 5.56 Å². The van der Waals surface area contributed by atoms with Gasteiger partial charge >= 0.3 is 0 Å². The zero-order valence-electron chi connectivity index (χ0n) is 9.67. The number of nitrogens with one attached hydrogen (secondary N) is 1. The minimum Gasteiger partial charge on any atom is -0.212 e. The number of hydrogen-bond acceptors (Lipinski definition) is 2. The minimum atomic E-state index is -3.20. The van der Waals surface area contributed by atoms with E-state index in [0.29, 0.717) is 11.1 Å². The summed E-state index contributed by atoms with van der Waals surface area (Å²) in [6.45, 7) is 5.11. The van der Waals surface area contributed by atoms with Crippen LogP contribution in [-0.2, 0) is 16.6 Å². The molecule has 0 aliphatic heterocycles. The predicted octanol–water partition coefficient (Wildman–Crippen LogP) is 1.88. The number of benzene rings is 1. The summed E-state index contributed by atoms with van der Waals surface area (Å²) in [6, 6.07) is 3.31. The molecule has 0 atom stereocenters. The van der Waals surface area contributed by atoms with E-state index in [2.05, 4.69) is 4.72 Å². The molecule has 0 heterocycles. The van der Waals surface area contributed by atoms with Crippen LogP contribution >= 0.6 is 0 Å². The van der Waals surface area contributed by atoms with E-state index in [4.69, 9.17) is 0 Å². The molecule has 1 N–H and O–H groups in total. The molecule has 0 bridgehead atoms. The Bertz CT molecular complexity index is 460. The summed E-state index contributed by atoms with van der Waals surface area (Å²) < 4.78 is 38.2. The van der Waals surface area contributed by atoms with Crippen molar-refractivity contribution in [1.29, 1.82) is 0 Å². The van der Waals surface area contributed by atoms with Gasteiger partial charge in [0.15, 0.2) is 0 Å². The molecule has 90 valence electrons. The Kier molecular flexibility index (Phi) is 4.04. The maximum Gasteiger partial charge on any atom is 0.211 e. The van der Waals surface area contributed by atoms with Crippen LogP contribution in [0.2, 0.25) is 0 Å². The van der Waals surface area contributed by atoms with Crippen molar-refractivity contribution in [3.63, 3.8) is 0 Å². The summed E-state index contributed by atoms with van der Waals surface area (Å²) >= 11 is 0. The molecule has 1 aromatic carbocycles. The summed E-state index contributed by atoms with van der Waals surface area (Å²) in [7, 11) is -3.20. The Balaban J connectivity index is 2.84. The van der Waals surface area contributed by atoms with E-state index >= 15 is 0 Å². The zero-order valence-corrected chi connectivity index (χ0v) is 10.5. The lowest BCUT2D eigenvalue weighted by atomic mass is 10.1. The Hall–Kier alpha value is -0.940. The van der Waals surface area contributed by atoms with Gasteiger partial charge in [-0.2, -0.15) is 0 Å². The fourth-order valence-electron chi connectivity index (χ4n) is 1.43. The summed E-state index contributed by atoms with van der Waals surface area (Å²) in [5.74, 6) is -0.186. The van der Waals surface area contributed by atoms with E-state index in [1.54, 1.807) is 32.9 Å². The second kappa shape index (κ2) is 4.93. The molecule has 0 aliphatic rings. The highest BCUT2D eigenvalue weighted by Crippen LogP contribution is 2.14. The van der Waals surface area contributed by atoms with E-state index in [1.165, 1.54) is 0 Å². The van der Waals surface area contributed by atoms with Gasteiger partial charge < -0.3 is 0 Å². The number of rotatable bonds is 4. The number of sulfonamides is 1. The first-order valence-electron chi connectivity index (χ1n) is 5.08. The van der Waals surface area contributed by atoms with Gasteiger partial charge in [-0.25, -0.2) is 17.5 Å². The van der Waals surface area contributed by atoms with Gasteiger partial charge in [-0.15, -0.1) is 0 Å². The first-order valence-corrected chi connectivity index (χ1v) is 6.74. The monoisotopic (exact) mass is 245 g/mol. The smallest absolute Gasteiger partial charge is 0.211 e. The maximum atomic E-state index is 13.3. The van der Waals surface area contributed by atoms with Crippen LogP contribution in [0.5, 0.6) is 0 Å². The molecule has 5 heteroatoms. The molecular formula is C11H16FNO2S. The summed E-state index contributed by atoms with van der Waals surface area (Å²) in [6.07, 6.45) is 0. The zero-order chi connectivity index (χ0) is 12.3. The average molecular weight is 245 g/mol. The number of aryl methyl sites for hydroxylation is 2. The molecule has 0 spiro atoms. The van der Waals surface area contributed by atoms with Crippen LogP contribution in [0.3, 0.4) is 0 Å². The second-order valence-corrected chi connectivity index (χ2v) is 5.86. The van der Waals surface area contributed by atoms with Crippen molar-refractivity contribution in [3.05, 3.63) is 34.6 Å². The summed E-state index contributed by atoms with van der Waals surface area (Å²) in [5.41, 5.74) is 1.84. The molecule has 0 unspecified atom stereocenters. The molecule has 3 nitrogen and oxygen atoms in total. The van der Waals surface area contributed by atoms with Crippen LogP contribution in [0, 0.1) is 19.7 Å². The molecule has 1 rings (SSSR count). The van der Waals surface area contributed by atoms with Gasteiger partial charge in [0.05, 0.1) is 5.75 Å². The Morgan fingerprint density at radius 3 is 2.19 bits per heavy atom. The van der Waals surface area contributed by atoms with E-state index in [-0.39, 0.29) is 18.1 Å². The van der Waals surface area contributed by atoms with Crippen molar-refractivity contribution < 1.29 is 12.8 Å². The molecule has 0 saturated heterocycles. The number of hydrogen-bond donors (Lipinski definition) is 1. The number of halogens is 1. The topological polar surface area (TPSA) is 46.2 Å². The molecule has 0 saturated carbocycles. The van der Waals surface area contributed by atoms with Crippen LogP contribution in [-0.4, -0.2) is 14.2 Å². The van der Waals surface area contributed by atoms with Crippen molar-refractivity contribution in [3.8, 4) is 0 Å². The van der Waals surface area contributed by atoms with Gasteiger partial charge in [-0.1, -0.05) is 12.1 Å². The second-order valence-electron chi connectivity index (χ2n) is 3.77. The van der Waals surface area contributed by atoms with Gasteiger partial charge in [-0.05, 0) is 37.5 Å². The van der Waals surface area contributed by atoms with Crippen LogP contribution in [0.4, 0.5) is 4.39 Å². The third-order valence-corrected chi connectivity index (χ3v) is 3.72. The molecule has 16 heavy (non-hydrogen) atoms. The molecule has 0 fully saturated rings. The quantitative estimate of drug-likeness (QED) is 0.880. The largest absolute Gasteiger partial charge is 0.212 e. The van der Waals surface area contributed by atoms with Gasteiger partial charge in [0.1, 0.15) is 5.82 Å². The third kappa shape index (κ3) is 3.28. The normalized spacial score (nSPS) is 11.8. The minimum absolute atomic E-state index is 0.0478. The van der Waals surface area contributed by atoms with Gasteiger partial charge in [-0.3, -0.25) is 0 Å². The standard InChI is InChI=1S/C11H16FNO2S/c1-4-16(14,15)13-7-10-5-8(2)11(12)9(3)6-10/h5-6,13H,4,7H2,1-3H3. The van der Waals surface area contributed by atoms with Gasteiger partial charge in [0.25, 0.3) is 0 Å². The molecule has 0 radical (unpaired) electrons. The highest BCUT2D eigenvalue weighted by atomic mass is 32.2.